The van der Waals surface area contributed by atoms with E-state index in [0.29, 0.717) is 66.1 Å². The molecule has 6 rings (SSSR count). The highest BCUT2D eigenvalue weighted by molar-refractivity contribution is 6.10. The number of nitrogens with one attached hydrogen (secondary N) is 1. The number of amides is 3. The molecule has 1 aliphatic heterocycles. The maximum Gasteiger partial charge on any atom is 0.433 e. The number of pyridine rings is 1. The Kier molecular flexibility index (Phi) is 8.79. The van der Waals surface area contributed by atoms with Crippen molar-refractivity contribution in [2.75, 3.05) is 38.3 Å². The molecule has 4 aromatic carbocycles. The third-order valence-corrected chi connectivity index (χ3v) is 7.91. The number of hydrogen-bond donors (Lipinski definition) is 1. The van der Waals surface area contributed by atoms with Gasteiger partial charge in [-0.15, -0.1) is 0 Å². The first-order chi connectivity index (χ1) is 22.0. The van der Waals surface area contributed by atoms with Gasteiger partial charge in [-0.25, -0.2) is 9.78 Å². The second-order valence-electron chi connectivity index (χ2n) is 10.7. The van der Waals surface area contributed by atoms with Crippen LogP contribution in [-0.2, 0) is 11.3 Å². The van der Waals surface area contributed by atoms with Crippen LogP contribution in [0, 0.1) is 0 Å². The molecule has 9 heteroatoms. The molecule has 5 aromatic rings. The van der Waals surface area contributed by atoms with Crippen LogP contribution < -0.4 is 10.4 Å². The third kappa shape index (κ3) is 6.39. The summed E-state index contributed by atoms with van der Waals surface area (Å²) < 4.78 is 5.02. The van der Waals surface area contributed by atoms with Gasteiger partial charge in [0.15, 0.2) is 0 Å². The number of rotatable bonds is 6. The molecule has 1 saturated heterocycles. The zero-order valence-corrected chi connectivity index (χ0v) is 24.9. The number of aromatic nitrogens is 1. The van der Waals surface area contributed by atoms with E-state index >= 15 is 0 Å². The van der Waals surface area contributed by atoms with Crippen LogP contribution in [0.25, 0.3) is 22.2 Å². The lowest BCUT2D eigenvalue weighted by Gasteiger charge is -2.35. The molecular formula is C36H33N5O4. The molecule has 3 amide bonds. The number of fused-ring (bicyclic) bond motifs is 1. The highest BCUT2D eigenvalue weighted by Crippen LogP contribution is 2.32. The van der Waals surface area contributed by atoms with Crippen LogP contribution in [-0.4, -0.2) is 66.0 Å². The van der Waals surface area contributed by atoms with E-state index in [9.17, 15) is 14.4 Å². The molecule has 0 unspecified atom stereocenters. The Bertz CT molecular complexity index is 1810. The average molecular weight is 600 g/mol. The average Bonchev–Trinajstić information content (AvgIpc) is 3.11. The molecule has 0 radical (unpaired) electrons. The number of carbonyl (C=O) groups is 3. The fourth-order valence-corrected chi connectivity index (χ4v) is 5.64. The number of hydrazine groups is 1. The fourth-order valence-electron chi connectivity index (χ4n) is 5.64. The highest BCUT2D eigenvalue weighted by atomic mass is 16.5. The van der Waals surface area contributed by atoms with Gasteiger partial charge in [0.2, 0.25) is 0 Å². The van der Waals surface area contributed by atoms with Crippen molar-refractivity contribution in [3.8, 4) is 11.3 Å². The SMILES string of the molecule is COC(=O)N(NC(=O)c1c(CN2CCN(C(=O)c3ccccc3)CC2)c(-c2ccccc2)nc2ccccc12)c1ccccc1. The van der Waals surface area contributed by atoms with Crippen molar-refractivity contribution in [2.24, 2.45) is 0 Å². The number of methoxy groups -OCH3 is 1. The van der Waals surface area contributed by atoms with E-state index < -0.39 is 12.0 Å². The van der Waals surface area contributed by atoms with Gasteiger partial charge >= 0.3 is 6.09 Å². The summed E-state index contributed by atoms with van der Waals surface area (Å²) in [4.78, 5) is 49.4. The Labute approximate surface area is 261 Å². The summed E-state index contributed by atoms with van der Waals surface area (Å²) in [6.07, 6.45) is -0.725. The normalized spacial score (nSPS) is 13.3. The molecule has 1 N–H and O–H groups in total. The Morgan fingerprint density at radius 3 is 2.04 bits per heavy atom. The number of nitrogens with zero attached hydrogens (tertiary/aromatic N) is 4. The van der Waals surface area contributed by atoms with Crippen LogP contribution in [0.5, 0.6) is 0 Å². The second-order valence-corrected chi connectivity index (χ2v) is 10.7. The number of hydrogen-bond acceptors (Lipinski definition) is 6. The molecule has 1 aliphatic rings. The van der Waals surface area contributed by atoms with Crippen LogP contribution in [0.4, 0.5) is 10.5 Å². The van der Waals surface area contributed by atoms with E-state index in [1.165, 1.54) is 7.11 Å². The van der Waals surface area contributed by atoms with Crippen LogP contribution in [0.15, 0.2) is 115 Å². The Morgan fingerprint density at radius 1 is 0.778 bits per heavy atom. The number of anilines is 1. The van der Waals surface area contributed by atoms with Gasteiger partial charge in [-0.1, -0.05) is 84.9 Å². The first-order valence-corrected chi connectivity index (χ1v) is 14.8. The molecule has 0 spiro atoms. The molecule has 0 bridgehead atoms. The first kappa shape index (κ1) is 29.5. The van der Waals surface area contributed by atoms with Gasteiger partial charge in [-0.2, -0.15) is 5.01 Å². The maximum atomic E-state index is 14.3. The van der Waals surface area contributed by atoms with Gasteiger partial charge in [-0.3, -0.25) is 19.9 Å². The summed E-state index contributed by atoms with van der Waals surface area (Å²) in [6.45, 7) is 2.78. The summed E-state index contributed by atoms with van der Waals surface area (Å²) in [7, 11) is 1.27. The predicted molar refractivity (Wildman–Crippen MR) is 174 cm³/mol. The van der Waals surface area contributed by atoms with Crippen molar-refractivity contribution in [3.05, 3.63) is 132 Å². The van der Waals surface area contributed by atoms with E-state index in [-0.39, 0.29) is 5.91 Å². The minimum Gasteiger partial charge on any atom is -0.451 e. The van der Waals surface area contributed by atoms with Crippen LogP contribution in [0.3, 0.4) is 0 Å². The van der Waals surface area contributed by atoms with Crippen LogP contribution in [0.2, 0.25) is 0 Å². The number of para-hydroxylation sites is 2. The maximum absolute atomic E-state index is 14.3. The summed E-state index contributed by atoms with van der Waals surface area (Å²) in [5, 5.41) is 1.78. The van der Waals surface area contributed by atoms with E-state index in [4.69, 9.17) is 9.72 Å². The van der Waals surface area contributed by atoms with Gasteiger partial charge in [0, 0.05) is 54.8 Å². The molecular weight excluding hydrogens is 566 g/mol. The largest absolute Gasteiger partial charge is 0.451 e. The van der Waals surface area contributed by atoms with Gasteiger partial charge in [0.1, 0.15) is 0 Å². The molecule has 0 atom stereocenters. The Balaban J connectivity index is 1.38. The molecule has 9 nitrogen and oxygen atoms in total. The lowest BCUT2D eigenvalue weighted by atomic mass is 9.95. The van der Waals surface area contributed by atoms with Gasteiger partial charge in [0.25, 0.3) is 11.8 Å². The van der Waals surface area contributed by atoms with Crippen molar-refractivity contribution in [2.45, 2.75) is 6.54 Å². The zero-order chi connectivity index (χ0) is 31.2. The summed E-state index contributed by atoms with van der Waals surface area (Å²) in [5.74, 6) is -0.454. The zero-order valence-electron chi connectivity index (χ0n) is 24.9. The van der Waals surface area contributed by atoms with Crippen molar-refractivity contribution in [1.29, 1.82) is 0 Å². The molecule has 2 heterocycles. The molecule has 0 aliphatic carbocycles. The van der Waals surface area contributed by atoms with Gasteiger partial charge in [0.05, 0.1) is 29.6 Å². The van der Waals surface area contributed by atoms with E-state index in [2.05, 4.69) is 10.3 Å². The predicted octanol–water partition coefficient (Wildman–Crippen LogP) is 5.78. The smallest absolute Gasteiger partial charge is 0.433 e. The van der Waals surface area contributed by atoms with Gasteiger partial charge in [-0.05, 0) is 30.3 Å². The first-order valence-electron chi connectivity index (χ1n) is 14.8. The number of carbonyl (C=O) groups excluding carboxylic acids is 3. The molecule has 1 aromatic heterocycles. The number of piperazine rings is 1. The molecule has 45 heavy (non-hydrogen) atoms. The summed E-state index contributed by atoms with van der Waals surface area (Å²) >= 11 is 0. The topological polar surface area (TPSA) is 95.1 Å². The van der Waals surface area contributed by atoms with Crippen molar-refractivity contribution in [1.82, 2.24) is 20.2 Å². The number of benzene rings is 4. The van der Waals surface area contributed by atoms with E-state index in [0.717, 1.165) is 16.1 Å². The van der Waals surface area contributed by atoms with E-state index in [1.807, 2.05) is 95.9 Å². The lowest BCUT2D eigenvalue weighted by molar-refractivity contribution is 0.0628. The second kappa shape index (κ2) is 13.4. The minimum atomic E-state index is -0.725. The van der Waals surface area contributed by atoms with Gasteiger partial charge < -0.3 is 9.64 Å². The Hall–Kier alpha value is -5.54. The molecule has 1 fully saturated rings. The monoisotopic (exact) mass is 599 g/mol. The quantitative estimate of drug-likeness (QED) is 0.249. The highest BCUT2D eigenvalue weighted by Gasteiger charge is 2.29. The number of ether oxygens (including phenoxy) is 1. The lowest BCUT2D eigenvalue weighted by Crippen LogP contribution is -2.49. The van der Waals surface area contributed by atoms with Crippen molar-refractivity contribution < 1.29 is 19.1 Å². The summed E-state index contributed by atoms with van der Waals surface area (Å²) in [6, 6.07) is 35.4. The molecule has 226 valence electrons. The fraction of sp³-hybridized carbons (Fsp3) is 0.167. The van der Waals surface area contributed by atoms with Crippen molar-refractivity contribution >= 4 is 34.5 Å². The van der Waals surface area contributed by atoms with E-state index in [1.54, 1.807) is 24.3 Å². The Morgan fingerprint density at radius 2 is 1.38 bits per heavy atom. The summed E-state index contributed by atoms with van der Waals surface area (Å²) in [5.41, 5.74) is 7.32. The third-order valence-electron chi connectivity index (χ3n) is 7.91. The standard InChI is InChI=1S/C36H33N5O4/c1-45-36(44)41(28-17-9-4-10-18-28)38-34(42)32-29-19-11-12-20-31(29)37-33(26-13-5-2-6-14-26)30(32)25-39-21-23-40(24-22-39)35(43)27-15-7-3-8-16-27/h2-20H,21-25H2,1H3,(H,38,42). The minimum absolute atomic E-state index is 0.0106. The van der Waals surface area contributed by atoms with Crippen LogP contribution in [0.1, 0.15) is 26.3 Å². The molecule has 0 saturated carbocycles. The van der Waals surface area contributed by atoms with Crippen LogP contribution >= 0.6 is 0 Å². The van der Waals surface area contributed by atoms with Crippen molar-refractivity contribution in [3.63, 3.8) is 0 Å².